The number of carbonyl (C=O) groups excluding carboxylic acids is 4. The van der Waals surface area contributed by atoms with E-state index in [4.69, 9.17) is 14.7 Å². The van der Waals surface area contributed by atoms with Gasteiger partial charge in [0.2, 0.25) is 5.91 Å². The zero-order valence-electron chi connectivity index (χ0n) is 36.8. The van der Waals surface area contributed by atoms with Crippen molar-refractivity contribution in [1.82, 2.24) is 50.3 Å². The molecule has 17 nitrogen and oxygen atoms in total. The molecule has 7 aromatic rings. The number of carbonyl (C=O) groups is 5. The van der Waals surface area contributed by atoms with Crippen molar-refractivity contribution in [2.45, 2.75) is 43.9 Å². The number of amides is 5. The van der Waals surface area contributed by atoms with Gasteiger partial charge in [-0.3, -0.25) is 14.4 Å². The van der Waals surface area contributed by atoms with E-state index in [0.29, 0.717) is 42.3 Å². The van der Waals surface area contributed by atoms with Crippen molar-refractivity contribution in [3.05, 3.63) is 150 Å². The van der Waals surface area contributed by atoms with Gasteiger partial charge < -0.3 is 45.1 Å². The molecule has 0 bridgehead atoms. The molecule has 3 aromatic heterocycles. The molecule has 0 saturated carbocycles. The molecule has 0 aliphatic carbocycles. The molecule has 5 heterocycles. The first-order valence-electron chi connectivity index (χ1n) is 22.0. The second kappa shape index (κ2) is 19.0. The smallest absolute Gasteiger partial charge is 0.407 e. The first kappa shape index (κ1) is 43.9. The summed E-state index contributed by atoms with van der Waals surface area (Å²) < 4.78 is 4.85. The van der Waals surface area contributed by atoms with E-state index in [1.165, 1.54) is 14.0 Å². The molecule has 4 atom stereocenters. The van der Waals surface area contributed by atoms with Crippen molar-refractivity contribution in [1.29, 1.82) is 0 Å². The van der Waals surface area contributed by atoms with Gasteiger partial charge in [0.15, 0.2) is 0 Å². The largest absolute Gasteiger partial charge is 0.465 e. The van der Waals surface area contributed by atoms with E-state index in [0.717, 1.165) is 51.1 Å². The van der Waals surface area contributed by atoms with Crippen molar-refractivity contribution >= 4 is 40.8 Å². The number of aromatic amines is 2. The Hall–Kier alpha value is -8.34. The lowest BCUT2D eigenvalue weighted by Gasteiger charge is -2.41. The van der Waals surface area contributed by atoms with Gasteiger partial charge in [-0.25, -0.2) is 24.5 Å². The fourth-order valence-corrected chi connectivity index (χ4v) is 8.96. The first-order valence-corrected chi connectivity index (χ1v) is 22.0. The zero-order valence-corrected chi connectivity index (χ0v) is 36.8. The van der Waals surface area contributed by atoms with Crippen LogP contribution in [0.15, 0.2) is 128 Å². The van der Waals surface area contributed by atoms with Crippen LogP contribution in [0.2, 0.25) is 0 Å². The minimum absolute atomic E-state index is 0.114. The molecule has 2 aliphatic heterocycles. The Kier molecular flexibility index (Phi) is 12.5. The van der Waals surface area contributed by atoms with E-state index in [-0.39, 0.29) is 36.9 Å². The highest BCUT2D eigenvalue weighted by Crippen LogP contribution is 2.35. The standard InChI is InChI=1S/C50H48N10O7/c1-30(61)58-24-25-60(48(63)44(57-50(66)67-2)34-12-7-4-8-13-34)42(29-58)46-52-27-39(54-46)32-17-15-31(16-18-32)37-21-19-35-26-36(20-22-38(35)53-37)40-28-51-45(55-40)41-14-9-23-59(41)47(62)43(56-49(64)65)33-10-5-3-6-11-33/h3-8,10-13,15-22,26-28,41-44,56H,9,14,23-25,29H2,1-2H3,(H,51,55)(H,52,54)(H,57,66)(H,64,65). The number of fused-ring (bicyclic) bond motifs is 1. The lowest BCUT2D eigenvalue weighted by molar-refractivity contribution is -0.144. The van der Waals surface area contributed by atoms with Crippen molar-refractivity contribution in [2.24, 2.45) is 0 Å². The molecule has 2 saturated heterocycles. The number of H-pyrrole nitrogens is 2. The summed E-state index contributed by atoms with van der Waals surface area (Å²) in [6.45, 7) is 2.78. The molecule has 5 amide bonds. The number of nitrogens with zero attached hydrogens (tertiary/aromatic N) is 6. The molecule has 340 valence electrons. The molecule has 4 unspecified atom stereocenters. The Labute approximate surface area is 385 Å². The van der Waals surface area contributed by atoms with Crippen LogP contribution in [0.4, 0.5) is 9.59 Å². The third kappa shape index (κ3) is 9.29. The van der Waals surface area contributed by atoms with Gasteiger partial charge >= 0.3 is 12.2 Å². The van der Waals surface area contributed by atoms with E-state index >= 15 is 0 Å². The molecule has 0 spiro atoms. The minimum atomic E-state index is -1.27. The molecule has 67 heavy (non-hydrogen) atoms. The highest BCUT2D eigenvalue weighted by molar-refractivity contribution is 5.89. The number of rotatable bonds is 11. The lowest BCUT2D eigenvalue weighted by atomic mass is 10.0. The Morgan fingerprint density at radius 1 is 0.687 bits per heavy atom. The number of methoxy groups -OCH3 is 1. The molecular weight excluding hydrogens is 853 g/mol. The molecule has 4 aromatic carbocycles. The predicted molar refractivity (Wildman–Crippen MR) is 248 cm³/mol. The van der Waals surface area contributed by atoms with Gasteiger partial charge in [0, 0.05) is 49.6 Å². The number of aromatic nitrogens is 5. The number of carboxylic acid groups (broad SMARTS) is 1. The molecule has 0 radical (unpaired) electrons. The topological polar surface area (TPSA) is 219 Å². The summed E-state index contributed by atoms with van der Waals surface area (Å²) in [6.07, 6.45) is 2.91. The average Bonchev–Trinajstić information content (AvgIpc) is 4.17. The van der Waals surface area contributed by atoms with Crippen molar-refractivity contribution in [3.63, 3.8) is 0 Å². The maximum Gasteiger partial charge on any atom is 0.407 e. The van der Waals surface area contributed by atoms with Gasteiger partial charge in [-0.05, 0) is 47.7 Å². The number of ether oxygens (including phenoxy) is 1. The maximum absolute atomic E-state index is 14.2. The molecular formula is C50H48N10O7. The zero-order chi connectivity index (χ0) is 46.6. The lowest BCUT2D eigenvalue weighted by Crippen LogP contribution is -2.54. The third-order valence-electron chi connectivity index (χ3n) is 12.4. The SMILES string of the molecule is COC(=O)NC(C(=O)N1CCN(C(C)=O)CC1c1ncc(-c2ccc(-c3ccc4cc(-c5cnc(C6CCCN6C(=O)C(NC(=O)O)c6ccccc6)[nH]5)ccc4n3)cc2)[nH]1)c1ccccc1. The molecule has 9 rings (SSSR count). The van der Waals surface area contributed by atoms with Crippen LogP contribution in [0.3, 0.4) is 0 Å². The van der Waals surface area contributed by atoms with E-state index in [9.17, 15) is 29.1 Å². The van der Waals surface area contributed by atoms with Crippen LogP contribution in [-0.4, -0.2) is 108 Å². The van der Waals surface area contributed by atoms with Crippen LogP contribution < -0.4 is 10.6 Å². The van der Waals surface area contributed by atoms with Gasteiger partial charge in [0.25, 0.3) is 11.8 Å². The number of benzene rings is 4. The van der Waals surface area contributed by atoms with Crippen LogP contribution in [0.1, 0.15) is 66.7 Å². The minimum Gasteiger partial charge on any atom is -0.465 e. The number of hydrogen-bond acceptors (Lipinski definition) is 9. The number of imidazole rings is 2. The first-order chi connectivity index (χ1) is 32.5. The molecule has 5 N–H and O–H groups in total. The summed E-state index contributed by atoms with van der Waals surface area (Å²) in [7, 11) is 1.24. The van der Waals surface area contributed by atoms with Crippen molar-refractivity contribution in [2.75, 3.05) is 33.3 Å². The van der Waals surface area contributed by atoms with E-state index in [2.05, 4.69) is 25.6 Å². The highest BCUT2D eigenvalue weighted by atomic mass is 16.5. The Morgan fingerprint density at radius 3 is 1.90 bits per heavy atom. The summed E-state index contributed by atoms with van der Waals surface area (Å²) in [5.41, 5.74) is 6.93. The third-order valence-corrected chi connectivity index (χ3v) is 12.4. The number of alkyl carbamates (subject to hydrolysis) is 1. The van der Waals surface area contributed by atoms with Gasteiger partial charge in [-0.15, -0.1) is 0 Å². The van der Waals surface area contributed by atoms with Crippen LogP contribution in [0, 0.1) is 0 Å². The number of piperazine rings is 1. The maximum atomic E-state index is 14.2. The average molecular weight is 901 g/mol. The molecule has 17 heteroatoms. The summed E-state index contributed by atoms with van der Waals surface area (Å²) in [5, 5.41) is 15.5. The second-order valence-corrected chi connectivity index (χ2v) is 16.5. The number of likely N-dealkylation sites (tertiary alicyclic amines) is 1. The van der Waals surface area contributed by atoms with Crippen LogP contribution in [0.25, 0.3) is 44.7 Å². The van der Waals surface area contributed by atoms with E-state index < -0.39 is 30.3 Å². The van der Waals surface area contributed by atoms with Gasteiger partial charge in [0.05, 0.1) is 48.1 Å². The monoisotopic (exact) mass is 900 g/mol. The Balaban J connectivity index is 0.900. The van der Waals surface area contributed by atoms with E-state index in [1.54, 1.807) is 75.6 Å². The van der Waals surface area contributed by atoms with Crippen LogP contribution in [-0.2, 0) is 19.1 Å². The summed E-state index contributed by atoms with van der Waals surface area (Å²) in [6, 6.07) is 32.7. The predicted octanol–water partition coefficient (Wildman–Crippen LogP) is 7.18. The fourth-order valence-electron chi connectivity index (χ4n) is 8.96. The summed E-state index contributed by atoms with van der Waals surface area (Å²) >= 11 is 0. The van der Waals surface area contributed by atoms with Crippen molar-refractivity contribution in [3.8, 4) is 33.8 Å². The summed E-state index contributed by atoms with van der Waals surface area (Å²) in [4.78, 5) is 90.9. The van der Waals surface area contributed by atoms with Crippen LogP contribution >= 0.6 is 0 Å². The van der Waals surface area contributed by atoms with E-state index in [1.807, 2.05) is 66.7 Å². The van der Waals surface area contributed by atoms with Gasteiger partial charge in [0.1, 0.15) is 29.8 Å². The van der Waals surface area contributed by atoms with Gasteiger partial charge in [-0.1, -0.05) is 97.1 Å². The highest BCUT2D eigenvalue weighted by Gasteiger charge is 2.39. The number of hydrogen-bond donors (Lipinski definition) is 5. The van der Waals surface area contributed by atoms with Crippen molar-refractivity contribution < 1.29 is 33.8 Å². The number of nitrogens with one attached hydrogen (secondary N) is 4. The van der Waals surface area contributed by atoms with Crippen LogP contribution in [0.5, 0.6) is 0 Å². The second-order valence-electron chi connectivity index (χ2n) is 16.5. The Bertz CT molecular complexity index is 2940. The fraction of sp³-hybridized carbons (Fsp3) is 0.240. The quantitative estimate of drug-likeness (QED) is 0.0881. The molecule has 2 aliphatic rings. The summed E-state index contributed by atoms with van der Waals surface area (Å²) in [5.74, 6) is 0.353. The van der Waals surface area contributed by atoms with Gasteiger partial charge in [-0.2, -0.15) is 0 Å². The normalized spacial score (nSPS) is 16.9. The Morgan fingerprint density at radius 2 is 1.27 bits per heavy atom. The molecule has 2 fully saturated rings. The number of pyridine rings is 1.